The van der Waals surface area contributed by atoms with Crippen LogP contribution in [-0.2, 0) is 4.79 Å². The Morgan fingerprint density at radius 3 is 2.67 bits per heavy atom. The molecule has 2 rings (SSSR count). The van der Waals surface area contributed by atoms with Crippen LogP contribution in [0.3, 0.4) is 0 Å². The van der Waals surface area contributed by atoms with Gasteiger partial charge in [-0.2, -0.15) is 0 Å². The van der Waals surface area contributed by atoms with Crippen LogP contribution in [0.5, 0.6) is 0 Å². The second kappa shape index (κ2) is 5.88. The first-order valence-corrected chi connectivity index (χ1v) is 7.94. The van der Waals surface area contributed by atoms with Crippen molar-refractivity contribution in [3.63, 3.8) is 0 Å². The molecular formula is C13H16BrIN2O. The van der Waals surface area contributed by atoms with Gasteiger partial charge >= 0.3 is 0 Å². The Bertz CT molecular complexity index is 458. The van der Waals surface area contributed by atoms with E-state index in [1.807, 2.05) is 18.2 Å². The number of rotatable bonds is 2. The normalized spacial score (nSPS) is 18.4. The van der Waals surface area contributed by atoms with E-state index in [9.17, 15) is 4.79 Å². The third kappa shape index (κ3) is 3.24. The summed E-state index contributed by atoms with van der Waals surface area (Å²) in [6.07, 6.45) is 4.83. The molecule has 0 heterocycles. The highest BCUT2D eigenvalue weighted by Crippen LogP contribution is 2.29. The van der Waals surface area contributed by atoms with E-state index in [1.54, 1.807) is 0 Å². The van der Waals surface area contributed by atoms with Gasteiger partial charge in [-0.1, -0.05) is 35.2 Å². The summed E-state index contributed by atoms with van der Waals surface area (Å²) in [6.45, 7) is 0. The van der Waals surface area contributed by atoms with Crippen molar-refractivity contribution in [3.05, 3.63) is 26.2 Å². The number of nitrogens with two attached hydrogens (primary N) is 1. The molecule has 18 heavy (non-hydrogen) atoms. The number of anilines is 1. The maximum absolute atomic E-state index is 12.3. The Kier molecular flexibility index (Phi) is 4.66. The number of carbonyl (C=O) groups is 1. The van der Waals surface area contributed by atoms with Crippen molar-refractivity contribution in [3.8, 4) is 0 Å². The Morgan fingerprint density at radius 2 is 2.00 bits per heavy atom. The van der Waals surface area contributed by atoms with Gasteiger partial charge in [0.05, 0.1) is 11.2 Å². The van der Waals surface area contributed by atoms with Gasteiger partial charge < -0.3 is 11.1 Å². The molecule has 0 atom stereocenters. The van der Waals surface area contributed by atoms with Crippen molar-refractivity contribution < 1.29 is 4.79 Å². The molecular weight excluding hydrogens is 407 g/mol. The Labute approximate surface area is 129 Å². The summed E-state index contributed by atoms with van der Waals surface area (Å²) < 4.78 is 1.97. The molecule has 0 radical (unpaired) electrons. The lowest BCUT2D eigenvalue weighted by atomic mass is 9.82. The smallest absolute Gasteiger partial charge is 0.244 e. The molecule has 1 aromatic rings. The van der Waals surface area contributed by atoms with Crippen LogP contribution in [0.15, 0.2) is 22.7 Å². The molecule has 1 aliphatic carbocycles. The second-order valence-electron chi connectivity index (χ2n) is 4.80. The lowest BCUT2D eigenvalue weighted by Gasteiger charge is -2.31. The molecule has 1 aliphatic rings. The lowest BCUT2D eigenvalue weighted by Crippen LogP contribution is -2.52. The standard InChI is InChI=1S/C13H16BrIN2O/c14-9-4-5-10(15)11(8-9)17-12(18)13(16)6-2-1-3-7-13/h4-5,8H,1-3,6-7,16H2,(H,17,18). The predicted octanol–water partition coefficient (Wildman–Crippen LogP) is 3.65. The molecule has 0 unspecified atom stereocenters. The Morgan fingerprint density at radius 1 is 1.33 bits per heavy atom. The quantitative estimate of drug-likeness (QED) is 0.714. The third-order valence-electron chi connectivity index (χ3n) is 3.37. The molecule has 1 aromatic carbocycles. The minimum absolute atomic E-state index is 0.0572. The van der Waals surface area contributed by atoms with E-state index in [2.05, 4.69) is 43.8 Å². The van der Waals surface area contributed by atoms with Gasteiger partial charge in [0, 0.05) is 8.04 Å². The van der Waals surface area contributed by atoms with Crippen molar-refractivity contribution in [1.29, 1.82) is 0 Å². The topological polar surface area (TPSA) is 55.1 Å². The van der Waals surface area contributed by atoms with Gasteiger partial charge in [-0.3, -0.25) is 4.79 Å². The summed E-state index contributed by atoms with van der Waals surface area (Å²) >= 11 is 5.62. The van der Waals surface area contributed by atoms with Gasteiger partial charge in [0.1, 0.15) is 0 Å². The Hall–Kier alpha value is -0.140. The first-order valence-electron chi connectivity index (χ1n) is 6.07. The van der Waals surface area contributed by atoms with Crippen molar-refractivity contribution >= 4 is 50.1 Å². The van der Waals surface area contributed by atoms with E-state index >= 15 is 0 Å². The van der Waals surface area contributed by atoms with E-state index in [1.165, 1.54) is 6.42 Å². The number of benzene rings is 1. The highest BCUT2D eigenvalue weighted by molar-refractivity contribution is 14.1. The number of amides is 1. The lowest BCUT2D eigenvalue weighted by molar-refractivity contribution is -0.122. The summed E-state index contributed by atoms with van der Waals surface area (Å²) in [4.78, 5) is 12.3. The van der Waals surface area contributed by atoms with Crippen LogP contribution < -0.4 is 11.1 Å². The summed E-state index contributed by atoms with van der Waals surface area (Å²) in [6, 6.07) is 5.83. The van der Waals surface area contributed by atoms with Crippen LogP contribution in [0.2, 0.25) is 0 Å². The highest BCUT2D eigenvalue weighted by atomic mass is 127. The van der Waals surface area contributed by atoms with E-state index in [-0.39, 0.29) is 5.91 Å². The van der Waals surface area contributed by atoms with Crippen molar-refractivity contribution in [1.82, 2.24) is 0 Å². The van der Waals surface area contributed by atoms with Gasteiger partial charge in [0.2, 0.25) is 5.91 Å². The largest absolute Gasteiger partial charge is 0.323 e. The molecule has 3 nitrogen and oxygen atoms in total. The molecule has 0 spiro atoms. The van der Waals surface area contributed by atoms with E-state index in [4.69, 9.17) is 5.73 Å². The summed E-state index contributed by atoms with van der Waals surface area (Å²) in [5.41, 5.74) is 6.35. The first-order chi connectivity index (χ1) is 8.51. The average molecular weight is 423 g/mol. The molecule has 0 aliphatic heterocycles. The molecule has 1 fully saturated rings. The average Bonchev–Trinajstić information content (AvgIpc) is 2.35. The number of hydrogen-bond donors (Lipinski definition) is 2. The van der Waals surface area contributed by atoms with Crippen molar-refractivity contribution in [2.75, 3.05) is 5.32 Å². The van der Waals surface area contributed by atoms with Crippen LogP contribution in [0.4, 0.5) is 5.69 Å². The van der Waals surface area contributed by atoms with Crippen molar-refractivity contribution in [2.24, 2.45) is 5.73 Å². The maximum atomic E-state index is 12.3. The zero-order valence-corrected chi connectivity index (χ0v) is 13.8. The van der Waals surface area contributed by atoms with Crippen LogP contribution in [0, 0.1) is 3.57 Å². The minimum Gasteiger partial charge on any atom is -0.323 e. The predicted molar refractivity (Wildman–Crippen MR) is 85.5 cm³/mol. The first kappa shape index (κ1) is 14.3. The molecule has 5 heteroatoms. The fraction of sp³-hybridized carbons (Fsp3) is 0.462. The zero-order chi connectivity index (χ0) is 13.2. The molecule has 98 valence electrons. The molecule has 1 saturated carbocycles. The van der Waals surface area contributed by atoms with Crippen LogP contribution >= 0.6 is 38.5 Å². The molecule has 1 amide bonds. The summed E-state index contributed by atoms with van der Waals surface area (Å²) in [5, 5.41) is 2.96. The minimum atomic E-state index is -0.691. The van der Waals surface area contributed by atoms with Crippen molar-refractivity contribution in [2.45, 2.75) is 37.6 Å². The van der Waals surface area contributed by atoms with Crippen LogP contribution in [0.1, 0.15) is 32.1 Å². The van der Waals surface area contributed by atoms with Gasteiger partial charge in [0.15, 0.2) is 0 Å². The highest BCUT2D eigenvalue weighted by Gasteiger charge is 2.35. The van der Waals surface area contributed by atoms with Gasteiger partial charge in [-0.05, 0) is 53.6 Å². The number of carbonyl (C=O) groups excluding carboxylic acids is 1. The SMILES string of the molecule is NC1(C(=O)Nc2cc(Br)ccc2I)CCCCC1. The van der Waals surface area contributed by atoms with Gasteiger partial charge in [0.25, 0.3) is 0 Å². The van der Waals surface area contributed by atoms with E-state index in [0.717, 1.165) is 39.4 Å². The summed E-state index contributed by atoms with van der Waals surface area (Å²) in [7, 11) is 0. The maximum Gasteiger partial charge on any atom is 0.244 e. The summed E-state index contributed by atoms with van der Waals surface area (Å²) in [5.74, 6) is -0.0572. The van der Waals surface area contributed by atoms with E-state index in [0.29, 0.717) is 0 Å². The fourth-order valence-electron chi connectivity index (χ4n) is 2.25. The molecule has 0 bridgehead atoms. The van der Waals surface area contributed by atoms with E-state index < -0.39 is 5.54 Å². The zero-order valence-electron chi connectivity index (χ0n) is 10.0. The third-order valence-corrected chi connectivity index (χ3v) is 4.81. The number of nitrogens with one attached hydrogen (secondary N) is 1. The monoisotopic (exact) mass is 422 g/mol. The van der Waals surface area contributed by atoms with Crippen LogP contribution in [-0.4, -0.2) is 11.4 Å². The van der Waals surface area contributed by atoms with Crippen LogP contribution in [0.25, 0.3) is 0 Å². The molecule has 0 aromatic heterocycles. The number of halogens is 2. The van der Waals surface area contributed by atoms with Gasteiger partial charge in [-0.25, -0.2) is 0 Å². The molecule has 3 N–H and O–H groups in total. The second-order valence-corrected chi connectivity index (χ2v) is 6.87. The van der Waals surface area contributed by atoms with Gasteiger partial charge in [-0.15, -0.1) is 0 Å². The Balaban J connectivity index is 2.13. The fourth-order valence-corrected chi connectivity index (χ4v) is 3.08. The number of hydrogen-bond acceptors (Lipinski definition) is 2. The molecule has 0 saturated heterocycles.